The molecular formula is C26H26F2N6O3S. The van der Waals surface area contributed by atoms with E-state index < -0.39 is 22.1 Å². The van der Waals surface area contributed by atoms with Gasteiger partial charge in [-0.05, 0) is 30.5 Å². The number of aliphatic imine (C=N–C) groups is 1. The van der Waals surface area contributed by atoms with Crippen molar-refractivity contribution in [3.8, 4) is 18.2 Å². The molecule has 2 aromatic rings. The molecule has 12 heteroatoms. The van der Waals surface area contributed by atoms with Gasteiger partial charge in [0.25, 0.3) is 0 Å². The third kappa shape index (κ3) is 4.39. The fourth-order valence-electron chi connectivity index (χ4n) is 5.45. The van der Waals surface area contributed by atoms with Gasteiger partial charge in [0.1, 0.15) is 10.4 Å². The molecule has 0 spiro atoms. The Kier molecular flexibility index (Phi) is 6.83. The molecule has 1 aliphatic carbocycles. The SMILES string of the molecule is C#CCOc1cnc(/C(F)=C/c2cnc(F)c([C@@]3(C)N=C(N)S[C@]4(C(=O)N5CCOCC5)[C@H]3[C@@H]4C)c2)cn1. The molecule has 3 aliphatic rings. The van der Waals surface area contributed by atoms with Crippen molar-refractivity contribution in [2.24, 2.45) is 22.6 Å². The van der Waals surface area contributed by atoms with Gasteiger partial charge in [0.2, 0.25) is 17.7 Å². The number of thioether (sulfide) groups is 1. The summed E-state index contributed by atoms with van der Waals surface area (Å²) in [5.74, 6) is 0.510. The molecule has 9 nitrogen and oxygen atoms in total. The molecule has 5 rings (SSSR count). The topological polar surface area (TPSA) is 116 Å². The van der Waals surface area contributed by atoms with Crippen molar-refractivity contribution in [1.82, 2.24) is 19.9 Å². The number of amides is 1. The number of hydrogen-bond donors (Lipinski definition) is 1. The third-order valence-corrected chi connectivity index (χ3v) is 8.70. The first kappa shape index (κ1) is 26.1. The van der Waals surface area contributed by atoms with Crippen LogP contribution in [0.1, 0.15) is 30.7 Å². The minimum Gasteiger partial charge on any atom is -0.463 e. The fourth-order valence-corrected chi connectivity index (χ4v) is 7.06. The Labute approximate surface area is 222 Å². The number of amidine groups is 1. The number of pyridine rings is 1. The van der Waals surface area contributed by atoms with E-state index in [-0.39, 0.29) is 46.7 Å². The zero-order valence-corrected chi connectivity index (χ0v) is 21.7. The second-order valence-corrected chi connectivity index (χ2v) is 10.8. The van der Waals surface area contributed by atoms with Gasteiger partial charge in [-0.25, -0.2) is 19.3 Å². The van der Waals surface area contributed by atoms with Gasteiger partial charge in [-0.15, -0.1) is 6.42 Å². The summed E-state index contributed by atoms with van der Waals surface area (Å²) in [6.45, 7) is 5.63. The number of terminal acetylenes is 1. The van der Waals surface area contributed by atoms with E-state index in [4.69, 9.17) is 21.6 Å². The van der Waals surface area contributed by atoms with Crippen LogP contribution in [0, 0.1) is 30.1 Å². The second-order valence-electron chi connectivity index (χ2n) is 9.50. The molecule has 2 aromatic heterocycles. The number of rotatable bonds is 6. The zero-order valence-electron chi connectivity index (χ0n) is 20.9. The third-order valence-electron chi connectivity index (χ3n) is 7.26. The lowest BCUT2D eigenvalue weighted by atomic mass is 9.85. The van der Waals surface area contributed by atoms with E-state index in [0.717, 1.165) is 0 Å². The van der Waals surface area contributed by atoms with E-state index >= 15 is 8.78 Å². The number of morpholine rings is 1. The first-order chi connectivity index (χ1) is 18.2. The lowest BCUT2D eigenvalue weighted by Gasteiger charge is -2.36. The average molecular weight is 541 g/mol. The van der Waals surface area contributed by atoms with Crippen molar-refractivity contribution in [2.45, 2.75) is 24.1 Å². The van der Waals surface area contributed by atoms with Crippen molar-refractivity contribution in [3.05, 3.63) is 47.4 Å². The molecule has 2 N–H and O–H groups in total. The van der Waals surface area contributed by atoms with E-state index in [1.165, 1.54) is 42.5 Å². The van der Waals surface area contributed by atoms with Crippen LogP contribution in [-0.2, 0) is 15.1 Å². The molecule has 0 aromatic carbocycles. The smallest absolute Gasteiger partial charge is 0.240 e. The summed E-state index contributed by atoms with van der Waals surface area (Å²) in [7, 11) is 0. The number of carbonyl (C=O) groups is 1. The minimum atomic E-state index is -1.18. The van der Waals surface area contributed by atoms with Crippen LogP contribution in [0.2, 0.25) is 0 Å². The molecule has 198 valence electrons. The van der Waals surface area contributed by atoms with Crippen LogP contribution >= 0.6 is 11.8 Å². The van der Waals surface area contributed by atoms with E-state index in [1.54, 1.807) is 11.8 Å². The minimum absolute atomic E-state index is 0.0135. The maximum absolute atomic E-state index is 15.2. The maximum Gasteiger partial charge on any atom is 0.240 e. The van der Waals surface area contributed by atoms with E-state index in [2.05, 4.69) is 25.9 Å². The van der Waals surface area contributed by atoms with Gasteiger partial charge in [0, 0.05) is 30.8 Å². The van der Waals surface area contributed by atoms with Gasteiger partial charge in [-0.2, -0.15) is 4.39 Å². The van der Waals surface area contributed by atoms with Crippen LogP contribution < -0.4 is 10.5 Å². The molecule has 4 heterocycles. The summed E-state index contributed by atoms with van der Waals surface area (Å²) < 4.78 is 39.9. The zero-order chi connectivity index (χ0) is 27.1. The summed E-state index contributed by atoms with van der Waals surface area (Å²) in [5, 5.41) is 0.198. The maximum atomic E-state index is 15.2. The van der Waals surface area contributed by atoms with E-state index in [0.29, 0.717) is 31.9 Å². The number of ether oxygens (including phenoxy) is 2. The monoisotopic (exact) mass is 540 g/mol. The Morgan fingerprint density at radius 2 is 2.11 bits per heavy atom. The first-order valence-corrected chi connectivity index (χ1v) is 12.9. The highest BCUT2D eigenvalue weighted by atomic mass is 32.2. The van der Waals surface area contributed by atoms with Crippen molar-refractivity contribution in [2.75, 3.05) is 32.9 Å². The summed E-state index contributed by atoms with van der Waals surface area (Å²) in [5.41, 5.74) is 5.44. The van der Waals surface area contributed by atoms with Crippen molar-refractivity contribution >= 4 is 34.7 Å². The van der Waals surface area contributed by atoms with Gasteiger partial charge in [0.15, 0.2) is 17.6 Å². The molecule has 2 aliphatic heterocycles. The Morgan fingerprint density at radius 1 is 1.34 bits per heavy atom. The highest BCUT2D eigenvalue weighted by Gasteiger charge is 2.76. The largest absolute Gasteiger partial charge is 0.463 e. The average Bonchev–Trinajstić information content (AvgIpc) is 3.54. The van der Waals surface area contributed by atoms with Gasteiger partial charge in [-0.3, -0.25) is 9.79 Å². The number of hydrogen-bond acceptors (Lipinski definition) is 9. The lowest BCUT2D eigenvalue weighted by molar-refractivity contribution is -0.136. The molecule has 2 fully saturated rings. The van der Waals surface area contributed by atoms with Crippen LogP contribution in [0.4, 0.5) is 8.78 Å². The van der Waals surface area contributed by atoms with Crippen molar-refractivity contribution in [1.29, 1.82) is 0 Å². The molecule has 0 unspecified atom stereocenters. The van der Waals surface area contributed by atoms with Gasteiger partial charge >= 0.3 is 0 Å². The molecule has 1 saturated carbocycles. The highest BCUT2D eigenvalue weighted by Crippen LogP contribution is 2.70. The molecular weight excluding hydrogens is 514 g/mol. The van der Waals surface area contributed by atoms with Crippen molar-refractivity contribution < 1.29 is 23.0 Å². The molecule has 0 bridgehead atoms. The summed E-state index contributed by atoms with van der Waals surface area (Å²) in [6, 6.07) is 1.49. The molecule has 4 atom stereocenters. The Balaban J connectivity index is 1.46. The number of nitrogens with zero attached hydrogens (tertiary/aromatic N) is 5. The summed E-state index contributed by atoms with van der Waals surface area (Å²) in [4.78, 5) is 31.9. The number of fused-ring (bicyclic) bond motifs is 1. The summed E-state index contributed by atoms with van der Waals surface area (Å²) in [6.07, 6.45) is 10.0. The normalized spacial score (nSPS) is 28.7. The Morgan fingerprint density at radius 3 is 2.79 bits per heavy atom. The Hall–Kier alpha value is -3.56. The van der Waals surface area contributed by atoms with Crippen LogP contribution in [0.3, 0.4) is 0 Å². The van der Waals surface area contributed by atoms with Crippen LogP contribution in [0.15, 0.2) is 29.6 Å². The van der Waals surface area contributed by atoms with E-state index in [1.807, 2.05) is 6.92 Å². The van der Waals surface area contributed by atoms with Crippen LogP contribution in [0.5, 0.6) is 5.88 Å². The molecule has 1 saturated heterocycles. The predicted molar refractivity (Wildman–Crippen MR) is 139 cm³/mol. The standard InChI is InChI=1S/C26H26F2N6O3S/c1-4-7-37-20-14-30-19(13-31-20)18(27)11-16-10-17(22(28)32-12-16)25(3)21-15(2)26(21,38-24(29)33-25)23(35)34-5-8-36-9-6-34/h1,10-15,21H,5-9H2,2-3H3,(H2,29,33)/b18-11-/t15-,21-,25+,26-/m0/s1. The van der Waals surface area contributed by atoms with Gasteiger partial charge in [0.05, 0.1) is 31.1 Å². The lowest BCUT2D eigenvalue weighted by Crippen LogP contribution is -2.50. The van der Waals surface area contributed by atoms with Gasteiger partial charge < -0.3 is 20.1 Å². The number of carbonyl (C=O) groups excluding carboxylic acids is 1. The Bertz CT molecular complexity index is 1360. The summed E-state index contributed by atoms with van der Waals surface area (Å²) >= 11 is 1.24. The van der Waals surface area contributed by atoms with Gasteiger partial charge in [-0.1, -0.05) is 24.6 Å². The molecule has 1 amide bonds. The number of halogens is 2. The number of nitrogens with two attached hydrogens (primary N) is 1. The number of aromatic nitrogens is 3. The quantitative estimate of drug-likeness (QED) is 0.439. The van der Waals surface area contributed by atoms with Crippen LogP contribution in [0.25, 0.3) is 11.9 Å². The van der Waals surface area contributed by atoms with Crippen molar-refractivity contribution in [3.63, 3.8) is 0 Å². The van der Waals surface area contributed by atoms with Crippen LogP contribution in [-0.4, -0.2) is 68.6 Å². The van der Waals surface area contributed by atoms with E-state index in [9.17, 15) is 4.79 Å². The fraction of sp³-hybridized carbons (Fsp3) is 0.423. The second kappa shape index (κ2) is 9.96. The molecule has 38 heavy (non-hydrogen) atoms. The highest BCUT2D eigenvalue weighted by molar-refractivity contribution is 8.15. The predicted octanol–water partition coefficient (Wildman–Crippen LogP) is 2.63. The molecule has 0 radical (unpaired) electrons. The first-order valence-electron chi connectivity index (χ1n) is 12.0.